The number of nitrogens with one attached hydrogen (secondary N) is 2. The van der Waals surface area contributed by atoms with E-state index >= 15 is 0 Å². The fourth-order valence-electron chi connectivity index (χ4n) is 5.23. The molecule has 5 nitrogen and oxygen atoms in total. The molecule has 2 aromatic carbocycles. The van der Waals surface area contributed by atoms with Gasteiger partial charge in [0, 0.05) is 18.7 Å². The second-order valence-electron chi connectivity index (χ2n) is 9.51. The van der Waals surface area contributed by atoms with Crippen molar-refractivity contribution in [2.45, 2.75) is 19.3 Å². The molecule has 7 heteroatoms. The van der Waals surface area contributed by atoms with Crippen LogP contribution in [0, 0.1) is 17.7 Å². The first-order chi connectivity index (χ1) is 16.6. The summed E-state index contributed by atoms with van der Waals surface area (Å²) in [4.78, 5) is 14.8. The predicted molar refractivity (Wildman–Crippen MR) is 140 cm³/mol. The van der Waals surface area contributed by atoms with Crippen LogP contribution >= 0.6 is 12.4 Å². The number of nitrogens with zero attached hydrogens (tertiary/aromatic N) is 1. The van der Waals surface area contributed by atoms with E-state index < -0.39 is 0 Å². The smallest absolute Gasteiger partial charge is 0.326 e. The van der Waals surface area contributed by atoms with Crippen LogP contribution in [0.3, 0.4) is 0 Å². The summed E-state index contributed by atoms with van der Waals surface area (Å²) in [7, 11) is 1.75. The molecule has 2 fully saturated rings. The number of rotatable bonds is 1. The molecule has 1 saturated carbocycles. The summed E-state index contributed by atoms with van der Waals surface area (Å²) < 4.78 is 21.5. The van der Waals surface area contributed by atoms with Gasteiger partial charge in [-0.25, -0.2) is 9.18 Å². The number of H-pyrrole nitrogens is 1. The summed E-state index contributed by atoms with van der Waals surface area (Å²) >= 11 is 0. The molecule has 3 aromatic rings. The van der Waals surface area contributed by atoms with Crippen LogP contribution in [0.1, 0.15) is 30.4 Å². The van der Waals surface area contributed by atoms with E-state index in [4.69, 9.17) is 4.74 Å². The van der Waals surface area contributed by atoms with Crippen LogP contribution in [-0.2, 0) is 7.05 Å². The van der Waals surface area contributed by atoms with Gasteiger partial charge in [-0.15, -0.1) is 12.4 Å². The Balaban J connectivity index is 0.000000379. The maximum absolute atomic E-state index is 13.9. The van der Waals surface area contributed by atoms with Crippen LogP contribution in [0.15, 0.2) is 64.5 Å². The first-order valence-corrected chi connectivity index (χ1v) is 12.0. The zero-order valence-electron chi connectivity index (χ0n) is 19.6. The molecule has 0 bridgehead atoms. The maximum atomic E-state index is 13.9. The Morgan fingerprint density at radius 3 is 2.74 bits per heavy atom. The van der Waals surface area contributed by atoms with Crippen molar-refractivity contribution >= 4 is 35.1 Å². The van der Waals surface area contributed by atoms with Crippen molar-refractivity contribution in [3.8, 4) is 5.75 Å². The second-order valence-corrected chi connectivity index (χ2v) is 9.51. The van der Waals surface area contributed by atoms with Crippen molar-refractivity contribution in [3.63, 3.8) is 0 Å². The van der Waals surface area contributed by atoms with Gasteiger partial charge in [0.05, 0.1) is 11.0 Å². The van der Waals surface area contributed by atoms with Gasteiger partial charge < -0.3 is 15.0 Å². The summed E-state index contributed by atoms with van der Waals surface area (Å²) in [5.74, 6) is 1.42. The molecular weight excluding hydrogens is 465 g/mol. The number of aromatic nitrogens is 2. The van der Waals surface area contributed by atoms with Crippen molar-refractivity contribution < 1.29 is 9.13 Å². The molecule has 3 heterocycles. The zero-order chi connectivity index (χ0) is 23.2. The summed E-state index contributed by atoms with van der Waals surface area (Å²) in [6, 6.07) is 10.7. The molecule has 1 saturated heterocycles. The number of fused-ring (bicyclic) bond motifs is 4. The van der Waals surface area contributed by atoms with Gasteiger partial charge in [-0.05, 0) is 96.8 Å². The molecule has 0 spiro atoms. The van der Waals surface area contributed by atoms with Crippen LogP contribution in [-0.4, -0.2) is 29.2 Å². The normalized spacial score (nSPS) is 22.9. The van der Waals surface area contributed by atoms with E-state index in [1.54, 1.807) is 17.7 Å². The lowest BCUT2D eigenvalue weighted by atomic mass is 9.88. The molecular formula is C28H29ClFN3O2. The van der Waals surface area contributed by atoms with Crippen molar-refractivity contribution in [2.75, 3.05) is 19.7 Å². The molecule has 2 N–H and O–H groups in total. The van der Waals surface area contributed by atoms with Crippen LogP contribution in [0.4, 0.5) is 4.39 Å². The first kappa shape index (κ1) is 23.6. The quantitative estimate of drug-likeness (QED) is 0.488. The Morgan fingerprint density at radius 1 is 1.14 bits per heavy atom. The van der Waals surface area contributed by atoms with E-state index in [1.807, 2.05) is 18.2 Å². The molecule has 4 aliphatic rings. The van der Waals surface area contributed by atoms with Gasteiger partial charge in [-0.1, -0.05) is 18.2 Å². The van der Waals surface area contributed by atoms with E-state index in [-0.39, 0.29) is 23.9 Å². The molecule has 2 unspecified atom stereocenters. The van der Waals surface area contributed by atoms with Crippen LogP contribution < -0.4 is 15.7 Å². The Hall–Kier alpha value is -3.09. The minimum atomic E-state index is -0.300. The minimum Gasteiger partial charge on any atom is -0.488 e. The van der Waals surface area contributed by atoms with Gasteiger partial charge in [0.2, 0.25) is 0 Å². The topological polar surface area (TPSA) is 59.0 Å². The third-order valence-corrected chi connectivity index (χ3v) is 7.25. The molecule has 2 atom stereocenters. The Morgan fingerprint density at radius 2 is 1.97 bits per heavy atom. The first-order valence-electron chi connectivity index (χ1n) is 12.0. The molecule has 2 aliphatic carbocycles. The lowest BCUT2D eigenvalue weighted by Gasteiger charge is -2.15. The van der Waals surface area contributed by atoms with Gasteiger partial charge in [0.1, 0.15) is 18.2 Å². The van der Waals surface area contributed by atoms with Gasteiger partial charge in [0.15, 0.2) is 0 Å². The second kappa shape index (κ2) is 9.51. The number of allylic oxidation sites excluding steroid dienone is 4. The molecule has 2 aliphatic heterocycles. The molecule has 182 valence electrons. The number of imidazole rings is 1. The van der Waals surface area contributed by atoms with E-state index in [2.05, 4.69) is 28.5 Å². The van der Waals surface area contributed by atoms with Crippen LogP contribution in [0.5, 0.6) is 5.75 Å². The molecule has 1 aromatic heterocycles. The van der Waals surface area contributed by atoms with E-state index in [0.29, 0.717) is 24.2 Å². The summed E-state index contributed by atoms with van der Waals surface area (Å²) in [5.41, 5.74) is 6.91. The largest absolute Gasteiger partial charge is 0.488 e. The third-order valence-electron chi connectivity index (χ3n) is 7.25. The Bertz CT molecular complexity index is 1420. The van der Waals surface area contributed by atoms with Crippen LogP contribution in [0.25, 0.3) is 22.7 Å². The van der Waals surface area contributed by atoms with Crippen molar-refractivity contribution in [2.24, 2.45) is 18.9 Å². The third kappa shape index (κ3) is 4.48. The molecule has 35 heavy (non-hydrogen) atoms. The van der Waals surface area contributed by atoms with Crippen molar-refractivity contribution in [1.29, 1.82) is 0 Å². The average Bonchev–Trinajstić information content (AvgIpc) is 3.29. The average molecular weight is 494 g/mol. The highest BCUT2D eigenvalue weighted by Crippen LogP contribution is 2.53. The monoisotopic (exact) mass is 493 g/mol. The highest BCUT2D eigenvalue weighted by Gasteiger charge is 2.42. The highest BCUT2D eigenvalue weighted by atomic mass is 35.5. The van der Waals surface area contributed by atoms with Gasteiger partial charge in [-0.3, -0.25) is 4.57 Å². The van der Waals surface area contributed by atoms with Gasteiger partial charge >= 0.3 is 5.69 Å². The maximum Gasteiger partial charge on any atom is 0.326 e. The van der Waals surface area contributed by atoms with Crippen molar-refractivity contribution in [3.05, 3.63) is 87.1 Å². The fourth-order valence-corrected chi connectivity index (χ4v) is 5.23. The number of ether oxygens (including phenoxy) is 1. The standard InChI is InChI=1S/C24H19FN2O2.C4H9N.ClH/c1-27-22-7-2-13(9-21(22)26-24(27)28)8-19-16-5-3-14-10-18(14)20(16)12-29-23-11-15(25)4-6-17(19)23;1-2-4-5-3-1;/h2-9,11,14,18H,10,12H2,1H3,(H,26,28);5H,1-4H2;1H/b19-8+;;. The number of aromatic amines is 1. The summed E-state index contributed by atoms with van der Waals surface area (Å²) in [6.07, 6.45) is 10.5. The van der Waals surface area contributed by atoms with Crippen LogP contribution in [0.2, 0.25) is 0 Å². The lowest BCUT2D eigenvalue weighted by molar-refractivity contribution is 0.343. The molecule has 7 rings (SSSR count). The van der Waals surface area contributed by atoms with E-state index in [0.717, 1.165) is 34.2 Å². The molecule has 0 radical (unpaired) electrons. The zero-order valence-corrected chi connectivity index (χ0v) is 20.5. The lowest BCUT2D eigenvalue weighted by Crippen LogP contribution is -2.11. The Kier molecular flexibility index (Phi) is 6.43. The van der Waals surface area contributed by atoms with Gasteiger partial charge in [0.25, 0.3) is 0 Å². The van der Waals surface area contributed by atoms with E-state index in [1.165, 1.54) is 49.2 Å². The SMILES string of the molecule is C1CCNC1.Cl.Cn1c(=O)[nH]c2cc(/C=C3\C4=C(COc5cc(F)ccc53)C3CC3C=C4)ccc21. The number of hydrogen-bond acceptors (Lipinski definition) is 3. The van der Waals surface area contributed by atoms with Gasteiger partial charge in [-0.2, -0.15) is 0 Å². The predicted octanol–water partition coefficient (Wildman–Crippen LogP) is 5.23. The minimum absolute atomic E-state index is 0. The number of halogens is 2. The summed E-state index contributed by atoms with van der Waals surface area (Å²) in [5, 5.41) is 3.22. The van der Waals surface area contributed by atoms with Crippen molar-refractivity contribution in [1.82, 2.24) is 14.9 Å². The number of aryl methyl sites for hydroxylation is 1. The fraction of sp³-hybridized carbons (Fsp3) is 0.321. The summed E-state index contributed by atoms with van der Waals surface area (Å²) in [6.45, 7) is 3.00. The van der Waals surface area contributed by atoms with E-state index in [9.17, 15) is 9.18 Å². The number of hydrogen-bond donors (Lipinski definition) is 2. The molecule has 0 amide bonds. The number of benzene rings is 2. The Labute approximate surface area is 209 Å². The highest BCUT2D eigenvalue weighted by molar-refractivity contribution is 5.97.